The molecular weight excluding hydrogens is 538 g/mol. The van der Waals surface area contributed by atoms with Gasteiger partial charge in [-0.2, -0.15) is 26.3 Å². The summed E-state index contributed by atoms with van der Waals surface area (Å²) in [4.78, 5) is 28.4. The van der Waals surface area contributed by atoms with E-state index < -0.39 is 58.7 Å². The summed E-state index contributed by atoms with van der Waals surface area (Å²) in [5.74, 6) is -1.41. The highest BCUT2D eigenvalue weighted by molar-refractivity contribution is 6.03. The molecule has 3 heterocycles. The number of nitrogens with one attached hydrogen (secondary N) is 3. The molecule has 0 fully saturated rings. The quantitative estimate of drug-likeness (QED) is 0.365. The molecule has 0 unspecified atom stereocenters. The number of fused-ring (bicyclic) bond motifs is 1. The van der Waals surface area contributed by atoms with Crippen LogP contribution in [0.1, 0.15) is 30.7 Å². The summed E-state index contributed by atoms with van der Waals surface area (Å²) < 4.78 is 103. The number of hydrogen-bond donors (Lipinski definition) is 3. The smallest absolute Gasteiger partial charge is 0.446 e. The molecule has 39 heavy (non-hydrogen) atoms. The van der Waals surface area contributed by atoms with E-state index in [4.69, 9.17) is 13.9 Å². The van der Waals surface area contributed by atoms with Crippen LogP contribution in [0.4, 0.5) is 32.2 Å². The minimum atomic E-state index is -6.06. The van der Waals surface area contributed by atoms with Crippen molar-refractivity contribution in [1.82, 2.24) is 9.55 Å². The van der Waals surface area contributed by atoms with E-state index in [2.05, 4.69) is 5.32 Å². The van der Waals surface area contributed by atoms with Crippen molar-refractivity contribution in [3.05, 3.63) is 74.3 Å². The molecule has 3 aromatic rings. The van der Waals surface area contributed by atoms with Crippen LogP contribution in [0, 0.1) is 0 Å². The molecule has 3 N–H and O–H groups in total. The fourth-order valence-electron chi connectivity index (χ4n) is 4.28. The molecule has 0 spiro atoms. The van der Waals surface area contributed by atoms with Gasteiger partial charge in [0.05, 0.1) is 19.5 Å². The van der Waals surface area contributed by atoms with Crippen molar-refractivity contribution in [2.45, 2.75) is 44.7 Å². The lowest BCUT2D eigenvalue weighted by atomic mass is 9.88. The summed E-state index contributed by atoms with van der Waals surface area (Å²) in [5, 5.41) is 2.35. The SMILES string of the molecule is CCOc1ccc(CCn2c3c(c(=O)[nH]c2=O)C(C(F)(F)F)(C(F)(F)F)[NH+]=C(c2ccco2)N3)cc1OCC. The standard InChI is InChI=1S/C24H22F6N4O5/c1-3-37-14-8-7-13(12-16(14)38-4-2)9-10-34-19-17(20(35)32-21(34)36)22(23(25,26)27,24(28,29)30)33-18(31-19)15-6-5-11-39-15/h5-8,11-12H,3-4,9-10H2,1-2H3,(H,31,33)(H,32,35,36)/p+1. The Morgan fingerprint density at radius 2 is 1.67 bits per heavy atom. The van der Waals surface area contributed by atoms with Gasteiger partial charge in [-0.3, -0.25) is 14.3 Å². The first-order chi connectivity index (χ1) is 18.3. The zero-order chi connectivity index (χ0) is 28.6. The number of aromatic amines is 1. The minimum absolute atomic E-state index is 0.0267. The highest BCUT2D eigenvalue weighted by Crippen LogP contribution is 2.48. The summed E-state index contributed by atoms with van der Waals surface area (Å²) in [6.45, 7) is 3.77. The Hall–Kier alpha value is -4.17. The maximum Gasteiger partial charge on any atom is 0.446 e. The van der Waals surface area contributed by atoms with E-state index in [0.717, 1.165) is 12.3 Å². The highest BCUT2D eigenvalue weighted by Gasteiger charge is 2.78. The van der Waals surface area contributed by atoms with E-state index in [-0.39, 0.29) is 6.42 Å². The van der Waals surface area contributed by atoms with Crippen molar-refractivity contribution in [2.75, 3.05) is 18.5 Å². The van der Waals surface area contributed by atoms with Crippen molar-refractivity contribution in [3.63, 3.8) is 0 Å². The molecule has 0 aliphatic carbocycles. The molecule has 0 saturated heterocycles. The lowest BCUT2D eigenvalue weighted by molar-refractivity contribution is -0.658. The van der Waals surface area contributed by atoms with Gasteiger partial charge in [0.2, 0.25) is 11.6 Å². The topological polar surface area (TPSA) is 112 Å². The Morgan fingerprint density at radius 1 is 1.00 bits per heavy atom. The zero-order valence-corrected chi connectivity index (χ0v) is 20.5. The number of furan rings is 1. The lowest BCUT2D eigenvalue weighted by Gasteiger charge is -2.34. The Balaban J connectivity index is 1.88. The van der Waals surface area contributed by atoms with Crippen LogP contribution in [-0.4, -0.2) is 41.0 Å². The van der Waals surface area contributed by atoms with Crippen LogP contribution in [0.25, 0.3) is 0 Å². The molecule has 0 atom stereocenters. The number of nitrogens with zero attached hydrogens (tertiary/aromatic N) is 1. The van der Waals surface area contributed by atoms with Crippen molar-refractivity contribution in [2.24, 2.45) is 0 Å². The Bertz CT molecular complexity index is 1470. The molecule has 1 aliphatic heterocycles. The van der Waals surface area contributed by atoms with Gasteiger partial charge in [-0.15, -0.1) is 0 Å². The Kier molecular flexibility index (Phi) is 7.27. The average Bonchev–Trinajstić information content (AvgIpc) is 3.38. The van der Waals surface area contributed by atoms with Gasteiger partial charge in [-0.25, -0.2) is 15.1 Å². The number of aromatic nitrogens is 2. The summed E-state index contributed by atoms with van der Waals surface area (Å²) in [7, 11) is 0. The summed E-state index contributed by atoms with van der Waals surface area (Å²) in [6, 6.07) is 7.16. The number of halogens is 6. The Labute approximate surface area is 216 Å². The fourth-order valence-corrected chi connectivity index (χ4v) is 4.28. The third kappa shape index (κ3) is 4.88. The van der Waals surface area contributed by atoms with Crippen LogP contribution in [0.5, 0.6) is 11.5 Å². The van der Waals surface area contributed by atoms with Gasteiger partial charge in [-0.1, -0.05) is 6.07 Å². The van der Waals surface area contributed by atoms with E-state index in [1.165, 1.54) is 11.1 Å². The molecule has 9 nitrogen and oxygen atoms in total. The van der Waals surface area contributed by atoms with Crippen LogP contribution < -0.4 is 31.0 Å². The van der Waals surface area contributed by atoms with Crippen molar-refractivity contribution in [1.29, 1.82) is 0 Å². The van der Waals surface area contributed by atoms with Crippen LogP contribution >= 0.6 is 0 Å². The predicted octanol–water partition coefficient (Wildman–Crippen LogP) is 2.44. The van der Waals surface area contributed by atoms with Gasteiger partial charge in [0.15, 0.2) is 11.5 Å². The number of anilines is 1. The van der Waals surface area contributed by atoms with Crippen molar-refractivity contribution >= 4 is 11.7 Å². The van der Waals surface area contributed by atoms with Gasteiger partial charge in [-0.05, 0) is 50.1 Å². The molecule has 15 heteroatoms. The van der Waals surface area contributed by atoms with Gasteiger partial charge in [0.25, 0.3) is 5.56 Å². The summed E-state index contributed by atoms with van der Waals surface area (Å²) in [6.07, 6.45) is -11.1. The molecule has 2 aromatic heterocycles. The number of H-pyrrole nitrogens is 1. The largest absolute Gasteiger partial charge is 0.490 e. The van der Waals surface area contributed by atoms with Gasteiger partial charge >= 0.3 is 29.4 Å². The lowest BCUT2D eigenvalue weighted by Crippen LogP contribution is -2.97. The molecule has 0 saturated carbocycles. The van der Waals surface area contributed by atoms with Gasteiger partial charge in [0, 0.05) is 6.54 Å². The van der Waals surface area contributed by atoms with E-state index in [1.54, 1.807) is 37.0 Å². The van der Waals surface area contributed by atoms with Crippen LogP contribution in [0.15, 0.2) is 50.6 Å². The number of aryl methyl sites for hydroxylation is 1. The molecular formula is C24H23F6N4O5+. The van der Waals surface area contributed by atoms with Crippen molar-refractivity contribution in [3.8, 4) is 11.5 Å². The molecule has 1 aromatic carbocycles. The first-order valence-corrected chi connectivity index (χ1v) is 11.7. The number of rotatable bonds is 8. The minimum Gasteiger partial charge on any atom is -0.490 e. The Morgan fingerprint density at radius 3 is 2.26 bits per heavy atom. The fraction of sp³-hybridized carbons (Fsp3) is 0.375. The average molecular weight is 561 g/mol. The number of amidine groups is 1. The van der Waals surface area contributed by atoms with E-state index in [9.17, 15) is 35.9 Å². The molecule has 0 amide bonds. The first kappa shape index (κ1) is 27.9. The second kappa shape index (κ2) is 10.2. The maximum atomic E-state index is 14.3. The first-order valence-electron chi connectivity index (χ1n) is 11.7. The molecule has 210 valence electrons. The maximum absolute atomic E-state index is 14.3. The number of alkyl halides is 6. The second-order valence-corrected chi connectivity index (χ2v) is 8.38. The highest BCUT2D eigenvalue weighted by atomic mass is 19.4. The van der Waals surface area contributed by atoms with Crippen LogP contribution in [0.3, 0.4) is 0 Å². The van der Waals surface area contributed by atoms with Crippen LogP contribution in [-0.2, 0) is 18.5 Å². The number of ether oxygens (including phenoxy) is 2. The molecule has 0 radical (unpaired) electrons. The predicted molar refractivity (Wildman–Crippen MR) is 125 cm³/mol. The normalized spacial score (nSPS) is 14.8. The van der Waals surface area contributed by atoms with Gasteiger partial charge in [0.1, 0.15) is 5.56 Å². The third-order valence-electron chi connectivity index (χ3n) is 5.98. The van der Waals surface area contributed by atoms with E-state index in [0.29, 0.717) is 34.8 Å². The molecule has 0 bridgehead atoms. The second-order valence-electron chi connectivity index (χ2n) is 8.38. The van der Waals surface area contributed by atoms with Gasteiger partial charge < -0.3 is 13.9 Å². The summed E-state index contributed by atoms with van der Waals surface area (Å²) in [5.41, 5.74) is -9.12. The summed E-state index contributed by atoms with van der Waals surface area (Å²) >= 11 is 0. The van der Waals surface area contributed by atoms with Crippen molar-refractivity contribution < 1.29 is 45.2 Å². The molecule has 1 aliphatic rings. The van der Waals surface area contributed by atoms with E-state index >= 15 is 0 Å². The van der Waals surface area contributed by atoms with E-state index in [1.807, 2.05) is 0 Å². The zero-order valence-electron chi connectivity index (χ0n) is 20.5. The van der Waals surface area contributed by atoms with Crippen LogP contribution in [0.2, 0.25) is 0 Å². The monoisotopic (exact) mass is 561 g/mol. The molecule has 4 rings (SSSR count). The number of benzene rings is 1. The third-order valence-corrected chi connectivity index (χ3v) is 5.98. The number of hydrogen-bond acceptors (Lipinski definition) is 6.